The monoisotopic (exact) mass is 270 g/mol. The van der Waals surface area contributed by atoms with E-state index in [4.69, 9.17) is 14.2 Å². The molecule has 0 fully saturated rings. The summed E-state index contributed by atoms with van der Waals surface area (Å²) in [5.74, 6) is 2.91. The van der Waals surface area contributed by atoms with Crippen LogP contribution in [0.3, 0.4) is 0 Å². The van der Waals surface area contributed by atoms with Crippen molar-refractivity contribution in [2.24, 2.45) is 0 Å². The molecule has 0 radical (unpaired) electrons. The Morgan fingerprint density at radius 3 is 2.40 bits per heavy atom. The molecule has 3 heteroatoms. The van der Waals surface area contributed by atoms with Gasteiger partial charge in [-0.1, -0.05) is 25.1 Å². The topological polar surface area (TPSA) is 27.7 Å². The second-order valence-electron chi connectivity index (χ2n) is 4.85. The van der Waals surface area contributed by atoms with Gasteiger partial charge in [-0.3, -0.25) is 0 Å². The lowest BCUT2D eigenvalue weighted by molar-refractivity contribution is 0.174. The van der Waals surface area contributed by atoms with Crippen LogP contribution >= 0.6 is 0 Å². The van der Waals surface area contributed by atoms with Gasteiger partial charge in [0.05, 0.1) is 7.11 Å². The van der Waals surface area contributed by atoms with Crippen molar-refractivity contribution < 1.29 is 14.2 Å². The molecular weight excluding hydrogens is 252 g/mol. The van der Waals surface area contributed by atoms with Crippen molar-refractivity contribution in [2.45, 2.75) is 19.3 Å². The molecule has 1 aliphatic rings. The van der Waals surface area contributed by atoms with Gasteiger partial charge in [-0.05, 0) is 41.8 Å². The standard InChI is InChI=1S/C17H18O3/c1-3-15(12-4-7-14(18-2)8-5-12)13-6-9-16-17(10-13)20-11-19-16/h4-10,15H,3,11H2,1-2H3/t15-/m0/s1. The van der Waals surface area contributed by atoms with E-state index in [-0.39, 0.29) is 0 Å². The lowest BCUT2D eigenvalue weighted by Gasteiger charge is -2.16. The predicted molar refractivity (Wildman–Crippen MR) is 77.7 cm³/mol. The second kappa shape index (κ2) is 5.45. The van der Waals surface area contributed by atoms with Gasteiger partial charge in [-0.2, -0.15) is 0 Å². The first-order valence-electron chi connectivity index (χ1n) is 6.85. The maximum Gasteiger partial charge on any atom is 0.231 e. The highest BCUT2D eigenvalue weighted by Crippen LogP contribution is 2.37. The minimum Gasteiger partial charge on any atom is -0.497 e. The Labute approximate surface area is 119 Å². The van der Waals surface area contributed by atoms with Gasteiger partial charge in [-0.25, -0.2) is 0 Å². The Morgan fingerprint density at radius 2 is 1.70 bits per heavy atom. The van der Waals surface area contributed by atoms with Crippen LogP contribution in [0.2, 0.25) is 0 Å². The van der Waals surface area contributed by atoms with Crippen LogP contribution in [0.4, 0.5) is 0 Å². The van der Waals surface area contributed by atoms with Crippen LogP contribution in [0.5, 0.6) is 17.2 Å². The number of benzene rings is 2. The van der Waals surface area contributed by atoms with Crippen LogP contribution in [0.15, 0.2) is 42.5 Å². The molecule has 0 unspecified atom stereocenters. The van der Waals surface area contributed by atoms with Gasteiger partial charge in [0.15, 0.2) is 11.5 Å². The highest BCUT2D eigenvalue weighted by Gasteiger charge is 2.18. The summed E-state index contributed by atoms with van der Waals surface area (Å²) >= 11 is 0. The third-order valence-electron chi connectivity index (χ3n) is 3.73. The van der Waals surface area contributed by atoms with E-state index in [1.165, 1.54) is 11.1 Å². The van der Waals surface area contributed by atoms with Crippen molar-refractivity contribution in [1.29, 1.82) is 0 Å². The fourth-order valence-electron chi connectivity index (χ4n) is 2.63. The molecule has 0 N–H and O–H groups in total. The summed E-state index contributed by atoms with van der Waals surface area (Å²) in [6.45, 7) is 2.51. The molecule has 0 aliphatic carbocycles. The molecule has 1 atom stereocenters. The number of ether oxygens (including phenoxy) is 3. The maximum absolute atomic E-state index is 5.46. The molecular formula is C17H18O3. The summed E-state index contributed by atoms with van der Waals surface area (Å²) in [5.41, 5.74) is 2.54. The summed E-state index contributed by atoms with van der Waals surface area (Å²) in [5, 5.41) is 0. The van der Waals surface area contributed by atoms with Crippen LogP contribution in [-0.4, -0.2) is 13.9 Å². The lowest BCUT2D eigenvalue weighted by Crippen LogP contribution is -2.00. The highest BCUT2D eigenvalue weighted by atomic mass is 16.7. The molecule has 104 valence electrons. The van der Waals surface area contributed by atoms with E-state index in [9.17, 15) is 0 Å². The number of hydrogen-bond acceptors (Lipinski definition) is 3. The molecule has 2 aromatic rings. The highest BCUT2D eigenvalue weighted by molar-refractivity contribution is 5.47. The number of rotatable bonds is 4. The maximum atomic E-state index is 5.46. The minimum absolute atomic E-state index is 0.318. The number of fused-ring (bicyclic) bond motifs is 1. The van der Waals surface area contributed by atoms with Gasteiger partial charge in [0, 0.05) is 5.92 Å². The van der Waals surface area contributed by atoms with E-state index in [0.717, 1.165) is 23.7 Å². The Kier molecular flexibility index (Phi) is 3.50. The molecule has 0 saturated carbocycles. The molecule has 1 aliphatic heterocycles. The van der Waals surface area contributed by atoms with Gasteiger partial charge in [0.2, 0.25) is 6.79 Å². The molecule has 1 heterocycles. The number of hydrogen-bond donors (Lipinski definition) is 0. The molecule has 0 amide bonds. The molecule has 3 nitrogen and oxygen atoms in total. The van der Waals surface area contributed by atoms with Crippen LogP contribution in [0, 0.1) is 0 Å². The van der Waals surface area contributed by atoms with Crippen LogP contribution in [0.25, 0.3) is 0 Å². The Bertz CT molecular complexity index is 590. The largest absolute Gasteiger partial charge is 0.497 e. The van der Waals surface area contributed by atoms with Crippen molar-refractivity contribution >= 4 is 0 Å². The minimum atomic E-state index is 0.318. The van der Waals surface area contributed by atoms with Gasteiger partial charge in [0.25, 0.3) is 0 Å². The predicted octanol–water partition coefficient (Wildman–Crippen LogP) is 3.97. The molecule has 2 aromatic carbocycles. The first kappa shape index (κ1) is 12.9. The summed E-state index contributed by atoms with van der Waals surface area (Å²) in [6.07, 6.45) is 1.03. The van der Waals surface area contributed by atoms with E-state index in [0.29, 0.717) is 12.7 Å². The van der Waals surface area contributed by atoms with Crippen LogP contribution in [0.1, 0.15) is 30.4 Å². The average Bonchev–Trinajstić information content (AvgIpc) is 2.96. The van der Waals surface area contributed by atoms with E-state index >= 15 is 0 Å². The van der Waals surface area contributed by atoms with Crippen molar-refractivity contribution in [3.8, 4) is 17.2 Å². The quantitative estimate of drug-likeness (QED) is 0.841. The summed E-state index contributed by atoms with van der Waals surface area (Å²) < 4.78 is 16.0. The summed E-state index contributed by atoms with van der Waals surface area (Å²) in [4.78, 5) is 0. The first-order valence-corrected chi connectivity index (χ1v) is 6.85. The fourth-order valence-corrected chi connectivity index (χ4v) is 2.63. The van der Waals surface area contributed by atoms with Gasteiger partial charge < -0.3 is 14.2 Å². The molecule has 20 heavy (non-hydrogen) atoms. The zero-order valence-corrected chi connectivity index (χ0v) is 11.8. The zero-order chi connectivity index (χ0) is 13.9. The first-order chi connectivity index (χ1) is 9.81. The zero-order valence-electron chi connectivity index (χ0n) is 11.8. The SMILES string of the molecule is CC[C@@H](c1ccc(OC)cc1)c1ccc2c(c1)OCO2. The lowest BCUT2D eigenvalue weighted by atomic mass is 9.89. The molecule has 0 saturated heterocycles. The third kappa shape index (κ3) is 2.31. The summed E-state index contributed by atoms with van der Waals surface area (Å²) in [7, 11) is 1.68. The molecule has 0 bridgehead atoms. The van der Waals surface area contributed by atoms with E-state index in [2.05, 4.69) is 31.2 Å². The Hall–Kier alpha value is -2.16. The van der Waals surface area contributed by atoms with E-state index < -0.39 is 0 Å². The van der Waals surface area contributed by atoms with Crippen molar-refractivity contribution in [1.82, 2.24) is 0 Å². The second-order valence-corrected chi connectivity index (χ2v) is 4.85. The van der Waals surface area contributed by atoms with Gasteiger partial charge in [-0.15, -0.1) is 0 Å². The van der Waals surface area contributed by atoms with Crippen molar-refractivity contribution in [3.05, 3.63) is 53.6 Å². The fraction of sp³-hybridized carbons (Fsp3) is 0.294. The summed E-state index contributed by atoms with van der Waals surface area (Å²) in [6, 6.07) is 14.4. The van der Waals surface area contributed by atoms with E-state index in [1.807, 2.05) is 18.2 Å². The third-order valence-corrected chi connectivity index (χ3v) is 3.73. The molecule has 0 aromatic heterocycles. The Balaban J connectivity index is 1.92. The van der Waals surface area contributed by atoms with Crippen LogP contribution in [-0.2, 0) is 0 Å². The van der Waals surface area contributed by atoms with Gasteiger partial charge >= 0.3 is 0 Å². The average molecular weight is 270 g/mol. The molecule has 3 rings (SSSR count). The molecule has 0 spiro atoms. The van der Waals surface area contributed by atoms with Gasteiger partial charge in [0.1, 0.15) is 5.75 Å². The van der Waals surface area contributed by atoms with Crippen molar-refractivity contribution in [2.75, 3.05) is 13.9 Å². The number of methoxy groups -OCH3 is 1. The smallest absolute Gasteiger partial charge is 0.231 e. The Morgan fingerprint density at radius 1 is 1.00 bits per heavy atom. The van der Waals surface area contributed by atoms with Crippen LogP contribution < -0.4 is 14.2 Å². The normalized spacial score (nSPS) is 14.1. The van der Waals surface area contributed by atoms with Crippen molar-refractivity contribution in [3.63, 3.8) is 0 Å². The van der Waals surface area contributed by atoms with E-state index in [1.54, 1.807) is 7.11 Å².